The fourth-order valence-corrected chi connectivity index (χ4v) is 5.87. The second-order valence-corrected chi connectivity index (χ2v) is 11.4. The lowest BCUT2D eigenvalue weighted by Gasteiger charge is -2.24. The minimum Gasteiger partial charge on any atom is -0.497 e. The van der Waals surface area contributed by atoms with E-state index >= 15 is 4.39 Å². The van der Waals surface area contributed by atoms with Crippen LogP contribution in [0.3, 0.4) is 0 Å². The molecule has 4 aromatic carbocycles. The third-order valence-corrected chi connectivity index (χ3v) is 8.49. The number of rotatable bonds is 12. The van der Waals surface area contributed by atoms with Crippen LogP contribution in [0, 0.1) is 5.82 Å². The number of halogens is 1. The highest BCUT2D eigenvalue weighted by Crippen LogP contribution is 2.30. The molecule has 0 aliphatic rings. The number of hydrogen-bond donors (Lipinski definition) is 1. The third-order valence-electron chi connectivity index (χ3n) is 6.68. The van der Waals surface area contributed by atoms with Gasteiger partial charge in [0.25, 0.3) is 5.91 Å². The minimum atomic E-state index is -4.54. The number of hydrogen-bond acceptors (Lipinski definition) is 8. The number of esters is 1. The van der Waals surface area contributed by atoms with Gasteiger partial charge in [-0.3, -0.25) is 4.79 Å². The maximum absolute atomic E-state index is 15.2. The second-order valence-electron chi connectivity index (χ2n) is 9.48. The molecule has 0 saturated carbocycles. The molecule has 10 nitrogen and oxygen atoms in total. The van der Waals surface area contributed by atoms with E-state index in [-0.39, 0.29) is 24.2 Å². The summed E-state index contributed by atoms with van der Waals surface area (Å²) in [4.78, 5) is 24.3. The van der Waals surface area contributed by atoms with E-state index in [1.807, 2.05) is 0 Å². The van der Waals surface area contributed by atoms with Crippen molar-refractivity contribution in [2.45, 2.75) is 18.0 Å². The first-order valence-electron chi connectivity index (χ1n) is 13.2. The molecule has 0 aliphatic carbocycles. The van der Waals surface area contributed by atoms with Crippen LogP contribution in [0.4, 0.5) is 10.1 Å². The fraction of sp³-hybridized carbons (Fsp3) is 0.188. The van der Waals surface area contributed by atoms with Crippen LogP contribution in [0.25, 0.3) is 0 Å². The number of anilines is 1. The van der Waals surface area contributed by atoms with E-state index in [0.29, 0.717) is 34.1 Å². The average molecular weight is 623 g/mol. The zero-order chi connectivity index (χ0) is 31.9. The van der Waals surface area contributed by atoms with Crippen molar-refractivity contribution < 1.29 is 41.3 Å². The molecule has 0 bridgehead atoms. The lowest BCUT2D eigenvalue weighted by molar-refractivity contribution is 0.0600. The first kappa shape index (κ1) is 32.0. The Morgan fingerprint density at radius 1 is 0.750 bits per heavy atom. The van der Waals surface area contributed by atoms with Gasteiger partial charge in [0, 0.05) is 30.4 Å². The molecule has 0 radical (unpaired) electrons. The largest absolute Gasteiger partial charge is 0.497 e. The molecular weight excluding hydrogens is 591 g/mol. The Kier molecular flexibility index (Phi) is 10.2. The van der Waals surface area contributed by atoms with E-state index in [1.165, 1.54) is 46.6 Å². The highest BCUT2D eigenvalue weighted by molar-refractivity contribution is 7.89. The number of amides is 1. The van der Waals surface area contributed by atoms with E-state index in [4.69, 9.17) is 18.9 Å². The fourth-order valence-electron chi connectivity index (χ4n) is 4.36. The summed E-state index contributed by atoms with van der Waals surface area (Å²) in [5, 5.41) is 2.67. The van der Waals surface area contributed by atoms with Gasteiger partial charge in [-0.25, -0.2) is 17.6 Å². The predicted octanol–water partition coefficient (Wildman–Crippen LogP) is 5.28. The molecule has 0 atom stereocenters. The summed E-state index contributed by atoms with van der Waals surface area (Å²) in [5.74, 6) is -0.870. The number of sulfonamides is 1. The van der Waals surface area contributed by atoms with Crippen molar-refractivity contribution in [1.82, 2.24) is 4.31 Å². The molecule has 230 valence electrons. The third kappa shape index (κ3) is 7.33. The number of methoxy groups -OCH3 is 4. The van der Waals surface area contributed by atoms with Gasteiger partial charge in [0.1, 0.15) is 16.5 Å². The van der Waals surface area contributed by atoms with Gasteiger partial charge in [-0.2, -0.15) is 4.31 Å². The summed E-state index contributed by atoms with van der Waals surface area (Å²) in [6.07, 6.45) is 0. The molecule has 0 heterocycles. The van der Waals surface area contributed by atoms with Crippen LogP contribution < -0.4 is 19.5 Å². The SMILES string of the molecule is COC(=O)c1ccc(CN(Cc2ccc(OC)c(OC)c2)S(=O)(=O)c2cc(C(=O)Nc3cccc(OC)c3)ccc2F)cc1. The maximum Gasteiger partial charge on any atom is 0.337 e. The van der Waals surface area contributed by atoms with Crippen molar-refractivity contribution in [3.05, 3.63) is 113 Å². The number of carbonyl (C=O) groups is 2. The van der Waals surface area contributed by atoms with E-state index in [2.05, 4.69) is 5.32 Å². The van der Waals surface area contributed by atoms with Gasteiger partial charge in [-0.05, 0) is 65.7 Å². The van der Waals surface area contributed by atoms with Gasteiger partial charge < -0.3 is 24.3 Å². The first-order valence-corrected chi connectivity index (χ1v) is 14.7. The van der Waals surface area contributed by atoms with E-state index in [1.54, 1.807) is 54.6 Å². The second kappa shape index (κ2) is 14.0. The smallest absolute Gasteiger partial charge is 0.337 e. The molecule has 0 fully saturated rings. The van der Waals surface area contributed by atoms with Crippen molar-refractivity contribution >= 4 is 27.6 Å². The Morgan fingerprint density at radius 2 is 1.41 bits per heavy atom. The maximum atomic E-state index is 15.2. The summed E-state index contributed by atoms with van der Waals surface area (Å²) >= 11 is 0. The quantitative estimate of drug-likeness (QED) is 0.212. The van der Waals surface area contributed by atoms with Gasteiger partial charge in [0.2, 0.25) is 10.0 Å². The van der Waals surface area contributed by atoms with Crippen LogP contribution in [0.1, 0.15) is 31.8 Å². The number of benzene rings is 4. The molecule has 4 rings (SSSR count). The first-order chi connectivity index (χ1) is 21.1. The van der Waals surface area contributed by atoms with Gasteiger partial charge in [0.05, 0.1) is 34.0 Å². The lowest BCUT2D eigenvalue weighted by atomic mass is 10.1. The summed E-state index contributed by atoms with van der Waals surface area (Å²) in [6, 6.07) is 20.8. The molecule has 12 heteroatoms. The van der Waals surface area contributed by atoms with Crippen LogP contribution in [-0.2, 0) is 27.8 Å². The lowest BCUT2D eigenvalue weighted by Crippen LogP contribution is -2.31. The molecule has 4 aromatic rings. The predicted molar refractivity (Wildman–Crippen MR) is 161 cm³/mol. The Morgan fingerprint density at radius 3 is 2.07 bits per heavy atom. The Bertz CT molecular complexity index is 1760. The van der Waals surface area contributed by atoms with E-state index in [9.17, 15) is 18.0 Å². The van der Waals surface area contributed by atoms with Crippen molar-refractivity contribution in [3.8, 4) is 17.2 Å². The molecule has 1 amide bonds. The molecule has 0 aliphatic heterocycles. The van der Waals surface area contributed by atoms with E-state index in [0.717, 1.165) is 16.4 Å². The monoisotopic (exact) mass is 622 g/mol. The average Bonchev–Trinajstić information content (AvgIpc) is 3.04. The summed E-state index contributed by atoms with van der Waals surface area (Å²) < 4.78 is 65.1. The van der Waals surface area contributed by atoms with Crippen molar-refractivity contribution in [3.63, 3.8) is 0 Å². The zero-order valence-corrected chi connectivity index (χ0v) is 25.3. The molecule has 0 aromatic heterocycles. The topological polar surface area (TPSA) is 120 Å². The minimum absolute atomic E-state index is 0.0682. The van der Waals surface area contributed by atoms with Crippen LogP contribution in [-0.4, -0.2) is 53.0 Å². The highest BCUT2D eigenvalue weighted by atomic mass is 32.2. The van der Waals surface area contributed by atoms with Crippen LogP contribution in [0.2, 0.25) is 0 Å². The van der Waals surface area contributed by atoms with Crippen LogP contribution in [0.5, 0.6) is 17.2 Å². The van der Waals surface area contributed by atoms with Crippen molar-refractivity contribution in [2.24, 2.45) is 0 Å². The molecule has 0 spiro atoms. The number of carbonyl (C=O) groups excluding carboxylic acids is 2. The Labute approximate surface area is 255 Å². The highest BCUT2D eigenvalue weighted by Gasteiger charge is 2.29. The van der Waals surface area contributed by atoms with Crippen LogP contribution >= 0.6 is 0 Å². The van der Waals surface area contributed by atoms with Gasteiger partial charge in [-0.15, -0.1) is 0 Å². The molecule has 0 saturated heterocycles. The van der Waals surface area contributed by atoms with Gasteiger partial charge in [-0.1, -0.05) is 24.3 Å². The number of nitrogens with zero attached hydrogens (tertiary/aromatic N) is 1. The van der Waals surface area contributed by atoms with Gasteiger partial charge in [0.15, 0.2) is 11.5 Å². The Balaban J connectivity index is 1.71. The summed E-state index contributed by atoms with van der Waals surface area (Å²) in [7, 11) is 1.14. The molecule has 44 heavy (non-hydrogen) atoms. The molecular formula is C32H31FN2O8S. The Hall–Kier alpha value is -4.94. The van der Waals surface area contributed by atoms with Crippen molar-refractivity contribution in [2.75, 3.05) is 33.8 Å². The standard InChI is InChI=1S/C32H31FN2O8S/c1-40-26-7-5-6-25(18-26)34-31(36)24-13-14-27(33)30(17-24)44(38,39)35(19-21-8-11-23(12-9-21)32(37)43-4)20-22-10-15-28(41-2)29(16-22)42-3/h5-18H,19-20H2,1-4H3,(H,34,36). The number of nitrogens with one attached hydrogen (secondary N) is 1. The van der Waals surface area contributed by atoms with Gasteiger partial charge >= 0.3 is 5.97 Å². The molecule has 0 unspecified atom stereocenters. The van der Waals surface area contributed by atoms with E-state index < -0.39 is 32.6 Å². The normalized spacial score (nSPS) is 11.1. The summed E-state index contributed by atoms with van der Waals surface area (Å²) in [5.41, 5.74) is 1.68. The number of ether oxygens (including phenoxy) is 4. The summed E-state index contributed by atoms with van der Waals surface area (Å²) in [6.45, 7) is -0.362. The van der Waals surface area contributed by atoms with Crippen LogP contribution in [0.15, 0.2) is 89.8 Å². The molecule has 1 N–H and O–H groups in total. The zero-order valence-electron chi connectivity index (χ0n) is 24.5. The van der Waals surface area contributed by atoms with Crippen molar-refractivity contribution in [1.29, 1.82) is 0 Å².